The van der Waals surface area contributed by atoms with Gasteiger partial charge in [-0.1, -0.05) is 22.0 Å². The van der Waals surface area contributed by atoms with Gasteiger partial charge < -0.3 is 5.32 Å². The van der Waals surface area contributed by atoms with Crippen molar-refractivity contribution in [3.05, 3.63) is 28.2 Å². The molecule has 0 fully saturated rings. The highest BCUT2D eigenvalue weighted by molar-refractivity contribution is 9.10. The van der Waals surface area contributed by atoms with Gasteiger partial charge in [0, 0.05) is 16.2 Å². The summed E-state index contributed by atoms with van der Waals surface area (Å²) >= 11 is 3.47. The van der Waals surface area contributed by atoms with Crippen LogP contribution in [0.2, 0.25) is 0 Å². The molecule has 0 aliphatic carbocycles. The van der Waals surface area contributed by atoms with Gasteiger partial charge in [0.2, 0.25) is 0 Å². The van der Waals surface area contributed by atoms with Crippen LogP contribution in [-0.2, 0) is 0 Å². The van der Waals surface area contributed by atoms with Crippen molar-refractivity contribution in [2.45, 2.75) is 26.3 Å². The molecule has 3 heteroatoms. The molecule has 0 saturated heterocycles. The van der Waals surface area contributed by atoms with Gasteiger partial charge in [-0.05, 0) is 31.5 Å². The molecule has 0 aliphatic rings. The molecule has 14 heavy (non-hydrogen) atoms. The standard InChI is InChI=1S/C11H13BrN2/c1-8-3-4-10(7-11(8)12)14-9(2)5-6-13/h3-4,7,9,14H,5H2,1-2H3. The number of benzene rings is 1. The first-order valence-corrected chi connectivity index (χ1v) is 5.32. The van der Waals surface area contributed by atoms with Crippen LogP contribution in [0.25, 0.3) is 0 Å². The topological polar surface area (TPSA) is 35.8 Å². The van der Waals surface area contributed by atoms with Crippen molar-refractivity contribution in [2.75, 3.05) is 5.32 Å². The average molecular weight is 253 g/mol. The Morgan fingerprint density at radius 2 is 2.29 bits per heavy atom. The van der Waals surface area contributed by atoms with E-state index in [1.165, 1.54) is 5.56 Å². The number of nitrogens with one attached hydrogen (secondary N) is 1. The summed E-state index contributed by atoms with van der Waals surface area (Å²) in [6.07, 6.45) is 0.519. The lowest BCUT2D eigenvalue weighted by Gasteiger charge is -2.12. The highest BCUT2D eigenvalue weighted by Crippen LogP contribution is 2.21. The minimum absolute atomic E-state index is 0.189. The van der Waals surface area contributed by atoms with E-state index in [4.69, 9.17) is 5.26 Å². The minimum Gasteiger partial charge on any atom is -0.382 e. The molecule has 0 amide bonds. The number of hydrogen-bond acceptors (Lipinski definition) is 2. The quantitative estimate of drug-likeness (QED) is 0.895. The van der Waals surface area contributed by atoms with Gasteiger partial charge >= 0.3 is 0 Å². The molecule has 74 valence electrons. The van der Waals surface area contributed by atoms with E-state index in [1.54, 1.807) is 0 Å². The summed E-state index contributed by atoms with van der Waals surface area (Å²) in [5, 5.41) is 11.8. The zero-order chi connectivity index (χ0) is 10.6. The van der Waals surface area contributed by atoms with Crippen LogP contribution in [0.3, 0.4) is 0 Å². The fraction of sp³-hybridized carbons (Fsp3) is 0.364. The van der Waals surface area contributed by atoms with Crippen molar-refractivity contribution in [3.63, 3.8) is 0 Å². The van der Waals surface area contributed by atoms with Gasteiger partial charge in [-0.2, -0.15) is 5.26 Å². The third-order valence-electron chi connectivity index (χ3n) is 1.98. The van der Waals surface area contributed by atoms with Gasteiger partial charge in [0.05, 0.1) is 12.5 Å². The Labute approximate surface area is 93.1 Å². The molecule has 1 atom stereocenters. The molecule has 1 unspecified atom stereocenters. The first kappa shape index (κ1) is 11.1. The molecule has 0 radical (unpaired) electrons. The van der Waals surface area contributed by atoms with Crippen LogP contribution in [0.4, 0.5) is 5.69 Å². The molecule has 1 aromatic rings. The number of nitriles is 1. The Bertz CT molecular complexity index is 355. The summed E-state index contributed by atoms with van der Waals surface area (Å²) in [6, 6.07) is 8.43. The van der Waals surface area contributed by atoms with Gasteiger partial charge in [0.25, 0.3) is 0 Å². The van der Waals surface area contributed by atoms with Crippen molar-refractivity contribution in [1.29, 1.82) is 5.26 Å². The van der Waals surface area contributed by atoms with Crippen LogP contribution < -0.4 is 5.32 Å². The lowest BCUT2D eigenvalue weighted by atomic mass is 10.2. The summed E-state index contributed by atoms with van der Waals surface area (Å²) in [5.41, 5.74) is 2.26. The molecule has 2 nitrogen and oxygen atoms in total. The predicted molar refractivity (Wildman–Crippen MR) is 62.2 cm³/mol. The molecule has 0 bridgehead atoms. The van der Waals surface area contributed by atoms with Crippen LogP contribution in [-0.4, -0.2) is 6.04 Å². The zero-order valence-corrected chi connectivity index (χ0v) is 9.93. The van der Waals surface area contributed by atoms with E-state index in [-0.39, 0.29) is 6.04 Å². The lowest BCUT2D eigenvalue weighted by Crippen LogP contribution is -2.13. The fourth-order valence-electron chi connectivity index (χ4n) is 1.16. The maximum absolute atomic E-state index is 8.51. The van der Waals surface area contributed by atoms with Crippen LogP contribution in [0.5, 0.6) is 0 Å². The molecule has 1 N–H and O–H groups in total. The van der Waals surface area contributed by atoms with E-state index >= 15 is 0 Å². The minimum atomic E-state index is 0.189. The number of nitrogens with zero attached hydrogens (tertiary/aromatic N) is 1. The average Bonchev–Trinajstić information content (AvgIpc) is 2.12. The Morgan fingerprint density at radius 3 is 2.86 bits per heavy atom. The predicted octanol–water partition coefficient (Wildman–Crippen LogP) is 3.47. The number of hydrogen-bond donors (Lipinski definition) is 1. The molecular formula is C11H13BrN2. The van der Waals surface area contributed by atoms with Crippen LogP contribution >= 0.6 is 15.9 Å². The molecule has 0 heterocycles. The van der Waals surface area contributed by atoms with Gasteiger partial charge in [-0.15, -0.1) is 0 Å². The van der Waals surface area contributed by atoms with Gasteiger partial charge in [-0.25, -0.2) is 0 Å². The number of anilines is 1. The Morgan fingerprint density at radius 1 is 1.57 bits per heavy atom. The third-order valence-corrected chi connectivity index (χ3v) is 2.84. The Kier molecular flexibility index (Phi) is 3.97. The normalized spacial score (nSPS) is 11.9. The van der Waals surface area contributed by atoms with Crippen LogP contribution in [0.15, 0.2) is 22.7 Å². The van der Waals surface area contributed by atoms with Crippen molar-refractivity contribution >= 4 is 21.6 Å². The van der Waals surface area contributed by atoms with E-state index in [9.17, 15) is 0 Å². The molecule has 0 saturated carbocycles. The second kappa shape index (κ2) is 5.02. The second-order valence-corrected chi connectivity index (χ2v) is 4.23. The number of aryl methyl sites for hydroxylation is 1. The van der Waals surface area contributed by atoms with E-state index in [0.717, 1.165) is 10.2 Å². The summed E-state index contributed by atoms with van der Waals surface area (Å²) in [6.45, 7) is 4.05. The summed E-state index contributed by atoms with van der Waals surface area (Å²) in [7, 11) is 0. The van der Waals surface area contributed by atoms with Crippen molar-refractivity contribution in [1.82, 2.24) is 0 Å². The summed E-state index contributed by atoms with van der Waals surface area (Å²) in [5.74, 6) is 0. The lowest BCUT2D eigenvalue weighted by molar-refractivity contribution is 0.821. The number of halogens is 1. The molecular weight excluding hydrogens is 240 g/mol. The van der Waals surface area contributed by atoms with Gasteiger partial charge in [0.15, 0.2) is 0 Å². The molecule has 0 aromatic heterocycles. The molecule has 0 spiro atoms. The van der Waals surface area contributed by atoms with Crippen molar-refractivity contribution in [2.24, 2.45) is 0 Å². The first-order valence-electron chi connectivity index (χ1n) is 4.53. The molecule has 0 aliphatic heterocycles. The maximum atomic E-state index is 8.51. The number of rotatable bonds is 3. The van der Waals surface area contributed by atoms with Crippen LogP contribution in [0, 0.1) is 18.3 Å². The molecule has 1 aromatic carbocycles. The second-order valence-electron chi connectivity index (χ2n) is 3.37. The SMILES string of the molecule is Cc1ccc(NC(C)CC#N)cc1Br. The highest BCUT2D eigenvalue weighted by Gasteiger charge is 2.02. The Balaban J connectivity index is 2.69. The van der Waals surface area contributed by atoms with Gasteiger partial charge in [-0.3, -0.25) is 0 Å². The highest BCUT2D eigenvalue weighted by atomic mass is 79.9. The fourth-order valence-corrected chi connectivity index (χ4v) is 1.53. The third kappa shape index (κ3) is 3.04. The Hall–Kier alpha value is -1.01. The van der Waals surface area contributed by atoms with Crippen LogP contribution in [0.1, 0.15) is 18.9 Å². The monoisotopic (exact) mass is 252 g/mol. The van der Waals surface area contributed by atoms with E-state index < -0.39 is 0 Å². The largest absolute Gasteiger partial charge is 0.382 e. The maximum Gasteiger partial charge on any atom is 0.0643 e. The van der Waals surface area contributed by atoms with E-state index in [0.29, 0.717) is 6.42 Å². The zero-order valence-electron chi connectivity index (χ0n) is 8.34. The molecule has 1 rings (SSSR count). The summed E-state index contributed by atoms with van der Waals surface area (Å²) in [4.78, 5) is 0. The van der Waals surface area contributed by atoms with Gasteiger partial charge in [0.1, 0.15) is 0 Å². The summed E-state index contributed by atoms with van der Waals surface area (Å²) < 4.78 is 1.09. The first-order chi connectivity index (χ1) is 6.63. The van der Waals surface area contributed by atoms with Crippen molar-refractivity contribution < 1.29 is 0 Å². The smallest absolute Gasteiger partial charge is 0.0643 e. The van der Waals surface area contributed by atoms with E-state index in [1.807, 2.05) is 32.0 Å². The van der Waals surface area contributed by atoms with E-state index in [2.05, 4.69) is 27.3 Å². The van der Waals surface area contributed by atoms with Crippen molar-refractivity contribution in [3.8, 4) is 6.07 Å².